The first-order valence-corrected chi connectivity index (χ1v) is 3.87. The van der Waals surface area contributed by atoms with Crippen LogP contribution in [0.2, 0.25) is 0 Å². The number of nitrogens with zero attached hydrogens (tertiary/aromatic N) is 1. The summed E-state index contributed by atoms with van der Waals surface area (Å²) < 4.78 is 0. The Morgan fingerprint density at radius 3 is 2.11 bits per heavy atom. The predicted octanol–water partition coefficient (Wildman–Crippen LogP) is 0.282. The fourth-order valence-corrected chi connectivity index (χ4v) is 2.97. The van der Waals surface area contributed by atoms with Gasteiger partial charge in [0, 0.05) is 12.1 Å². The molecule has 3 fully saturated rings. The Balaban J connectivity index is 1.97. The van der Waals surface area contributed by atoms with Crippen molar-refractivity contribution in [3.8, 4) is 0 Å². The number of piperidine rings is 1. The van der Waals surface area contributed by atoms with Gasteiger partial charge in [-0.3, -0.25) is 4.90 Å². The lowest BCUT2D eigenvalue weighted by Crippen LogP contribution is -2.79. The van der Waals surface area contributed by atoms with Gasteiger partial charge in [0.25, 0.3) is 0 Å². The van der Waals surface area contributed by atoms with Gasteiger partial charge in [0.05, 0.1) is 5.66 Å². The summed E-state index contributed by atoms with van der Waals surface area (Å²) in [7, 11) is 0. The van der Waals surface area contributed by atoms with Crippen molar-refractivity contribution in [3.63, 3.8) is 0 Å². The third kappa shape index (κ3) is 0.332. The zero-order valence-corrected chi connectivity index (χ0v) is 5.51. The van der Waals surface area contributed by atoms with Crippen LogP contribution in [0, 0.1) is 0 Å². The SMILES string of the molecule is NC12CC3CCC(C1)N32. The summed E-state index contributed by atoms with van der Waals surface area (Å²) in [6, 6.07) is 1.79. The summed E-state index contributed by atoms with van der Waals surface area (Å²) in [4.78, 5) is 2.52. The van der Waals surface area contributed by atoms with Gasteiger partial charge in [-0.15, -0.1) is 0 Å². The molecule has 0 aliphatic carbocycles. The average molecular weight is 124 g/mol. The standard InChI is InChI=1S/C7H12N2/c8-7-3-5-1-2-6(4-7)9(5)7/h5-6H,1-4,8H2. The predicted molar refractivity (Wildman–Crippen MR) is 34.8 cm³/mol. The highest BCUT2D eigenvalue weighted by atomic mass is 15.4. The molecule has 9 heavy (non-hydrogen) atoms. The summed E-state index contributed by atoms with van der Waals surface area (Å²) in [5.74, 6) is 0. The van der Waals surface area contributed by atoms with Crippen LogP contribution in [0.3, 0.4) is 0 Å². The molecule has 0 bridgehead atoms. The van der Waals surface area contributed by atoms with Gasteiger partial charge in [0.15, 0.2) is 0 Å². The molecule has 3 rings (SSSR count). The third-order valence-electron chi connectivity index (χ3n) is 3.31. The van der Waals surface area contributed by atoms with Crippen molar-refractivity contribution >= 4 is 0 Å². The van der Waals surface area contributed by atoms with Crippen LogP contribution >= 0.6 is 0 Å². The molecule has 0 saturated carbocycles. The number of rotatable bonds is 0. The van der Waals surface area contributed by atoms with Gasteiger partial charge in [-0.1, -0.05) is 0 Å². The smallest absolute Gasteiger partial charge is 0.0722 e. The van der Waals surface area contributed by atoms with Crippen molar-refractivity contribution in [1.82, 2.24) is 4.90 Å². The first-order chi connectivity index (χ1) is 4.30. The third-order valence-corrected chi connectivity index (χ3v) is 3.31. The molecular formula is C7H12N2. The van der Waals surface area contributed by atoms with Gasteiger partial charge < -0.3 is 5.73 Å². The Morgan fingerprint density at radius 2 is 1.78 bits per heavy atom. The lowest BCUT2D eigenvalue weighted by Gasteiger charge is -2.64. The van der Waals surface area contributed by atoms with Crippen molar-refractivity contribution in [3.05, 3.63) is 0 Å². The van der Waals surface area contributed by atoms with Crippen molar-refractivity contribution in [1.29, 1.82) is 0 Å². The normalized spacial score (nSPS) is 62.3. The minimum Gasteiger partial charge on any atom is -0.313 e. The second-order valence-corrected chi connectivity index (χ2v) is 3.80. The van der Waals surface area contributed by atoms with Gasteiger partial charge >= 0.3 is 0 Å². The van der Waals surface area contributed by atoms with E-state index < -0.39 is 0 Å². The Hall–Kier alpha value is -0.0800. The van der Waals surface area contributed by atoms with Crippen molar-refractivity contribution in [2.45, 2.75) is 43.4 Å². The van der Waals surface area contributed by atoms with E-state index in [0.717, 1.165) is 12.1 Å². The molecule has 0 spiro atoms. The number of hydrogen-bond donors (Lipinski definition) is 1. The Labute approximate surface area is 55.0 Å². The molecule has 2 N–H and O–H groups in total. The maximum Gasteiger partial charge on any atom is 0.0722 e. The molecule has 50 valence electrons. The minimum atomic E-state index is 0.200. The molecule has 2 unspecified atom stereocenters. The highest BCUT2D eigenvalue weighted by molar-refractivity contribution is 5.18. The lowest BCUT2D eigenvalue weighted by molar-refractivity contribution is -0.160. The van der Waals surface area contributed by atoms with E-state index in [1.807, 2.05) is 0 Å². The molecule has 3 saturated heterocycles. The maximum atomic E-state index is 6.00. The quantitative estimate of drug-likeness (QED) is 0.502. The second-order valence-electron chi connectivity index (χ2n) is 3.80. The van der Waals surface area contributed by atoms with Crippen molar-refractivity contribution in [2.24, 2.45) is 5.73 Å². The highest BCUT2D eigenvalue weighted by Gasteiger charge is 2.63. The van der Waals surface area contributed by atoms with E-state index in [9.17, 15) is 0 Å². The largest absolute Gasteiger partial charge is 0.313 e. The number of nitrogens with two attached hydrogens (primary N) is 1. The summed E-state index contributed by atoms with van der Waals surface area (Å²) in [6.45, 7) is 0. The molecule has 2 heteroatoms. The molecule has 0 aromatic heterocycles. The molecule has 0 aromatic carbocycles. The van der Waals surface area contributed by atoms with Crippen LogP contribution in [0.5, 0.6) is 0 Å². The van der Waals surface area contributed by atoms with Crippen LogP contribution in [0.15, 0.2) is 0 Å². The number of hydrogen-bond acceptors (Lipinski definition) is 2. The molecule has 3 aliphatic heterocycles. The zero-order chi connectivity index (χ0) is 6.06. The van der Waals surface area contributed by atoms with Crippen LogP contribution in [-0.2, 0) is 0 Å². The van der Waals surface area contributed by atoms with Crippen LogP contribution in [0.25, 0.3) is 0 Å². The van der Waals surface area contributed by atoms with E-state index in [-0.39, 0.29) is 5.66 Å². The van der Waals surface area contributed by atoms with Gasteiger partial charge in [-0.25, -0.2) is 0 Å². The van der Waals surface area contributed by atoms with Gasteiger partial charge in [-0.2, -0.15) is 0 Å². The van der Waals surface area contributed by atoms with Crippen LogP contribution in [0.1, 0.15) is 25.7 Å². The van der Waals surface area contributed by atoms with E-state index in [1.54, 1.807) is 0 Å². The monoisotopic (exact) mass is 124 g/mol. The summed E-state index contributed by atoms with van der Waals surface area (Å²) in [5, 5.41) is 0. The molecule has 0 aromatic rings. The maximum absolute atomic E-state index is 6.00. The first kappa shape index (κ1) is 4.69. The van der Waals surface area contributed by atoms with Crippen molar-refractivity contribution < 1.29 is 0 Å². The molecular weight excluding hydrogens is 112 g/mol. The Kier molecular flexibility index (Phi) is 0.552. The van der Waals surface area contributed by atoms with Crippen LogP contribution in [0.4, 0.5) is 0 Å². The minimum absolute atomic E-state index is 0.200. The van der Waals surface area contributed by atoms with E-state index >= 15 is 0 Å². The van der Waals surface area contributed by atoms with E-state index in [2.05, 4.69) is 4.90 Å². The Bertz CT molecular complexity index is 152. The lowest BCUT2D eigenvalue weighted by atomic mass is 9.76. The summed E-state index contributed by atoms with van der Waals surface area (Å²) >= 11 is 0. The fourth-order valence-electron chi connectivity index (χ4n) is 2.97. The zero-order valence-electron chi connectivity index (χ0n) is 5.51. The van der Waals surface area contributed by atoms with E-state index in [1.165, 1.54) is 25.7 Å². The molecule has 0 radical (unpaired) electrons. The molecule has 2 nitrogen and oxygen atoms in total. The highest BCUT2D eigenvalue weighted by Crippen LogP contribution is 2.55. The first-order valence-electron chi connectivity index (χ1n) is 3.87. The van der Waals surface area contributed by atoms with Gasteiger partial charge in [0.2, 0.25) is 0 Å². The summed E-state index contributed by atoms with van der Waals surface area (Å²) in [5.41, 5.74) is 6.20. The second kappa shape index (κ2) is 1.06. The van der Waals surface area contributed by atoms with Crippen molar-refractivity contribution in [2.75, 3.05) is 0 Å². The average Bonchev–Trinajstić information content (AvgIpc) is 1.90. The van der Waals surface area contributed by atoms with E-state index in [0.29, 0.717) is 0 Å². The molecule has 3 heterocycles. The Morgan fingerprint density at radius 1 is 1.22 bits per heavy atom. The molecule has 3 aliphatic rings. The van der Waals surface area contributed by atoms with Gasteiger partial charge in [0.1, 0.15) is 0 Å². The van der Waals surface area contributed by atoms with Crippen LogP contribution in [-0.4, -0.2) is 22.6 Å². The molecule has 2 atom stereocenters. The summed E-state index contributed by atoms with van der Waals surface area (Å²) in [6.07, 6.45) is 5.40. The molecule has 0 amide bonds. The fraction of sp³-hybridized carbons (Fsp3) is 1.00. The topological polar surface area (TPSA) is 29.3 Å². The van der Waals surface area contributed by atoms with Crippen LogP contribution < -0.4 is 5.73 Å². The van der Waals surface area contributed by atoms with Gasteiger partial charge in [-0.05, 0) is 25.7 Å². The van der Waals surface area contributed by atoms with E-state index in [4.69, 9.17) is 5.73 Å².